The molecule has 20 nitrogen and oxygen atoms in total. The molecule has 3 aliphatic heterocycles. The van der Waals surface area contributed by atoms with E-state index in [0.717, 1.165) is 152 Å². The number of nitrogens with zero attached hydrogens (tertiary/aromatic N) is 8. The van der Waals surface area contributed by atoms with Crippen molar-refractivity contribution in [2.24, 2.45) is 23.2 Å². The average Bonchev–Trinajstić information content (AvgIpc) is 1.57. The molecule has 12 rings (SSSR count). The van der Waals surface area contributed by atoms with Crippen LogP contribution in [0.25, 0.3) is 0 Å². The molecular weight excluding hydrogens is 1660 g/mol. The minimum absolute atomic E-state index is 0.0222. The van der Waals surface area contributed by atoms with Gasteiger partial charge < -0.3 is 58.4 Å². The van der Waals surface area contributed by atoms with Crippen molar-refractivity contribution in [3.8, 4) is 0 Å². The zero-order chi connectivity index (χ0) is 91.7. The molecule has 7 aliphatic carbocycles. The van der Waals surface area contributed by atoms with Gasteiger partial charge >= 0.3 is 6.18 Å². The maximum Gasteiger partial charge on any atom is 0.406 e. The Morgan fingerprint density at radius 1 is 0.548 bits per heavy atom. The smallest absolute Gasteiger partial charge is 0.396 e. The molecule has 10 fully saturated rings. The monoisotopic (exact) mass is 1810 g/mol. The summed E-state index contributed by atoms with van der Waals surface area (Å²) >= 11 is 11.5. The first-order valence-corrected chi connectivity index (χ1v) is 47.5. The fourth-order valence-electron chi connectivity index (χ4n) is 17.2. The molecule has 1 spiro atoms. The van der Waals surface area contributed by atoms with Crippen LogP contribution >= 0.6 is 23.2 Å². The van der Waals surface area contributed by atoms with E-state index in [9.17, 15) is 68.7 Å². The maximum atomic E-state index is 13.2. The van der Waals surface area contributed by atoms with Crippen molar-refractivity contribution in [2.45, 2.75) is 387 Å². The molecule has 1 aromatic carbocycles. The zero-order valence-electron chi connectivity index (χ0n) is 76.7. The number of rotatable bonds is 38. The number of aromatic nitrogens is 1. The Labute approximate surface area is 745 Å². The Morgan fingerprint density at radius 3 is 1.38 bits per heavy atom. The standard InChI is InChI=1S/C15H26FNO2.C14H17ClFNO.C14H19ClN2O.C14H24F3NO2.C14H22FNO2.C13H24FNO2.C10H18FNO2/c1-4-5-17(14-9-13(14)16)15(18)8-12-6-10(2)19-11(3)7-12;1-2-5-17(13-3-4-13)14(18)8-10-6-11(15)9-12(16)7-10;1-3-8-17(12-5-6-12)14(18)10(2)11-4-7-13(15)16-9-11;1-4-5-18(9-14(15,16)17)13(19)8-12-6-10(2)20-11(3)7-12;1-2-5-16(12-8-11(12)15)13(17)10-9-14(10)3-6-18-7-4-14;1-4-7-15(12-9-11(12)14)13(16)6-5-8-17-10(2)3;1-2-5-12(9-7-8(9)11)10(14)4-3-6-13/h10-14H,4-9H2,1-3H3;6-7,9,13H,2-5,8H2,1H3;4,7,9-10,12H,3,5-6,8H2,1-2H3;10-12H,4-9H2,1-3H3;10-12H,2-9H2,1H3;10-12H,4-9H2,1-3H3;8-9,13H,2-7H2,1H3. The van der Waals surface area contributed by atoms with Gasteiger partial charge in [0.1, 0.15) is 42.2 Å². The maximum absolute atomic E-state index is 13.2. The summed E-state index contributed by atoms with van der Waals surface area (Å²) in [6, 6.07) is 8.20. The van der Waals surface area contributed by atoms with E-state index in [1.165, 1.54) is 12.1 Å². The quantitative estimate of drug-likeness (QED) is 0.0377. The number of hydrogen-bond acceptors (Lipinski definition) is 13. The van der Waals surface area contributed by atoms with Crippen LogP contribution in [0.3, 0.4) is 0 Å². The first kappa shape index (κ1) is 107. The van der Waals surface area contributed by atoms with E-state index in [2.05, 4.69) is 32.7 Å². The van der Waals surface area contributed by atoms with Gasteiger partial charge in [0.25, 0.3) is 0 Å². The number of hydrogen-bond donors (Lipinski definition) is 1. The number of carbonyl (C=O) groups is 7. The second kappa shape index (κ2) is 53.6. The zero-order valence-corrected chi connectivity index (χ0v) is 78.2. The third-order valence-electron chi connectivity index (χ3n) is 24.1. The molecule has 4 heterocycles. The summed E-state index contributed by atoms with van der Waals surface area (Å²) in [5, 5.41) is 9.39. The molecule has 1 N–H and O–H groups in total. The molecular formula is C94H150Cl2F8N8O12. The van der Waals surface area contributed by atoms with Crippen molar-refractivity contribution in [2.75, 3.05) is 78.8 Å². The number of alkyl halides is 7. The Hall–Kier alpha value is -5.52. The summed E-state index contributed by atoms with van der Waals surface area (Å²) < 4.78 is 125. The summed E-state index contributed by atoms with van der Waals surface area (Å²) in [5.74, 6) is 0.426. The van der Waals surface area contributed by atoms with Gasteiger partial charge in [-0.1, -0.05) is 77.7 Å². The Balaban J connectivity index is 0.000000224. The van der Waals surface area contributed by atoms with Crippen molar-refractivity contribution >= 4 is 64.6 Å². The van der Waals surface area contributed by atoms with Crippen LogP contribution in [0.15, 0.2) is 36.5 Å². The Bertz CT molecular complexity index is 3490. The highest BCUT2D eigenvalue weighted by atomic mass is 35.5. The lowest BCUT2D eigenvalue weighted by molar-refractivity contribution is -0.162. The largest absolute Gasteiger partial charge is 0.406 e. The van der Waals surface area contributed by atoms with Crippen LogP contribution in [0.2, 0.25) is 10.2 Å². The summed E-state index contributed by atoms with van der Waals surface area (Å²) in [7, 11) is 0. The van der Waals surface area contributed by atoms with E-state index in [4.69, 9.17) is 47.3 Å². The minimum atomic E-state index is -4.33. The van der Waals surface area contributed by atoms with Crippen molar-refractivity contribution in [1.29, 1.82) is 0 Å². The number of pyridine rings is 1. The average molecular weight is 1810 g/mol. The second-order valence-corrected chi connectivity index (χ2v) is 37.2. The topological polar surface area (TPSA) is 212 Å². The fourth-order valence-corrected chi connectivity index (χ4v) is 17.6. The highest BCUT2D eigenvalue weighted by Gasteiger charge is 2.61. The highest BCUT2D eigenvalue weighted by Crippen LogP contribution is 2.60. The Morgan fingerprint density at radius 2 is 0.968 bits per heavy atom. The summed E-state index contributed by atoms with van der Waals surface area (Å²) in [4.78, 5) is 101. The van der Waals surface area contributed by atoms with E-state index in [-0.39, 0.29) is 139 Å². The first-order chi connectivity index (χ1) is 58.9. The van der Waals surface area contributed by atoms with Gasteiger partial charge in [0.2, 0.25) is 41.4 Å². The van der Waals surface area contributed by atoms with Gasteiger partial charge in [-0.2, -0.15) is 13.2 Å². The minimum Gasteiger partial charge on any atom is -0.396 e. The van der Waals surface area contributed by atoms with Crippen LogP contribution < -0.4 is 0 Å². The Kier molecular flexibility index (Phi) is 46.3. The number of aliphatic hydroxyl groups is 1. The van der Waals surface area contributed by atoms with E-state index in [0.29, 0.717) is 124 Å². The predicted octanol–water partition coefficient (Wildman–Crippen LogP) is 18.8. The normalized spacial score (nSPS) is 26.0. The van der Waals surface area contributed by atoms with Crippen LogP contribution in [0.5, 0.6) is 0 Å². The molecule has 3 saturated heterocycles. The van der Waals surface area contributed by atoms with Gasteiger partial charge in [0.05, 0.1) is 67.0 Å². The molecule has 708 valence electrons. The lowest BCUT2D eigenvalue weighted by Crippen LogP contribution is -2.41. The second-order valence-electron chi connectivity index (χ2n) is 36.4. The van der Waals surface area contributed by atoms with Crippen LogP contribution in [-0.2, 0) is 58.9 Å². The van der Waals surface area contributed by atoms with E-state index in [1.807, 2.05) is 83.1 Å². The van der Waals surface area contributed by atoms with Gasteiger partial charge in [0.15, 0.2) is 0 Å². The molecule has 124 heavy (non-hydrogen) atoms. The van der Waals surface area contributed by atoms with Crippen LogP contribution in [0.4, 0.5) is 35.1 Å². The molecule has 14 atom stereocenters. The fraction of sp³-hybridized carbons (Fsp3) is 0.809. The molecule has 7 saturated carbocycles. The van der Waals surface area contributed by atoms with Crippen molar-refractivity contribution in [3.63, 3.8) is 0 Å². The lowest BCUT2D eigenvalue weighted by Gasteiger charge is -2.33. The molecule has 14 unspecified atom stereocenters. The molecule has 7 amide bonds. The van der Waals surface area contributed by atoms with Crippen molar-refractivity contribution < 1.29 is 92.7 Å². The first-order valence-electron chi connectivity index (χ1n) is 46.8. The third kappa shape index (κ3) is 37.9. The molecule has 2 aromatic rings. The van der Waals surface area contributed by atoms with Gasteiger partial charge in [-0.25, -0.2) is 26.9 Å². The van der Waals surface area contributed by atoms with Crippen LogP contribution in [0, 0.1) is 29.0 Å². The van der Waals surface area contributed by atoms with Gasteiger partial charge in [-0.05, 0) is 230 Å². The molecule has 0 radical (unpaired) electrons. The number of aliphatic hydroxyl groups excluding tert-OH is 1. The van der Waals surface area contributed by atoms with Gasteiger partial charge in [-0.15, -0.1) is 0 Å². The van der Waals surface area contributed by atoms with E-state index >= 15 is 0 Å². The predicted molar refractivity (Wildman–Crippen MR) is 469 cm³/mol. The molecule has 30 heteroatoms. The molecule has 10 aliphatic rings. The molecule has 1 aromatic heterocycles. The van der Waals surface area contributed by atoms with Gasteiger partial charge in [0, 0.05) is 153 Å². The number of benzene rings is 1. The highest BCUT2D eigenvalue weighted by molar-refractivity contribution is 6.30. The number of halogens is 10. The summed E-state index contributed by atoms with van der Waals surface area (Å²) in [6.45, 7) is 33.5. The van der Waals surface area contributed by atoms with Crippen LogP contribution in [0.1, 0.15) is 294 Å². The number of amides is 7. The molecule has 0 bridgehead atoms. The SMILES string of the molecule is CCCN(C(=O)C(C)c1ccc(Cl)nc1)C1CC1.CCCN(C(=O)C1CC12CCOCC2)C1CC1F.CCCN(C(=O)CC1CC(C)OC(C)C1)C1CC1F.CCCN(C(=O)CCCO)C1CC1F.CCCN(C(=O)CCCOC(C)C)C1CC1F.CCCN(C(=O)Cc1cc(F)cc(Cl)c1)C1CC1.CCCN(CC(F)(F)F)C(=O)CC1CC(C)OC(C)C1. The number of carbonyl (C=O) groups excluding carboxylic acids is 7. The van der Waals surface area contributed by atoms with Gasteiger partial charge in [-0.3, -0.25) is 33.6 Å². The van der Waals surface area contributed by atoms with Crippen molar-refractivity contribution in [3.05, 3.63) is 63.6 Å². The summed E-state index contributed by atoms with van der Waals surface area (Å²) in [5.41, 5.74) is 1.79. The van der Waals surface area contributed by atoms with Crippen LogP contribution in [-0.4, -0.2) is 262 Å². The van der Waals surface area contributed by atoms with E-state index in [1.54, 1.807) is 40.0 Å². The summed E-state index contributed by atoms with van der Waals surface area (Å²) in [6.07, 6.45) is 17.0. The lowest BCUT2D eigenvalue weighted by atomic mass is 9.89. The van der Waals surface area contributed by atoms with E-state index < -0.39 is 49.1 Å². The number of ether oxygens (including phenoxy) is 4. The van der Waals surface area contributed by atoms with Crippen molar-refractivity contribution in [1.82, 2.24) is 39.3 Å². The third-order valence-corrected chi connectivity index (χ3v) is 24.5.